The predicted molar refractivity (Wildman–Crippen MR) is 107 cm³/mol. The van der Waals surface area contributed by atoms with Gasteiger partial charge in [-0.2, -0.15) is 0 Å². The third kappa shape index (κ3) is 8.88. The van der Waals surface area contributed by atoms with Crippen LogP contribution in [0.5, 0.6) is 0 Å². The van der Waals surface area contributed by atoms with Crippen molar-refractivity contribution >= 4 is 5.96 Å². The molecule has 0 aromatic rings. The summed E-state index contributed by atoms with van der Waals surface area (Å²) < 4.78 is 5.92. The highest BCUT2D eigenvalue weighted by Crippen LogP contribution is 2.07. The number of rotatable bonds is 10. The van der Waals surface area contributed by atoms with E-state index in [0.717, 1.165) is 64.9 Å². The van der Waals surface area contributed by atoms with Crippen molar-refractivity contribution in [3.05, 3.63) is 0 Å². The van der Waals surface area contributed by atoms with Crippen LogP contribution in [-0.2, 0) is 4.74 Å². The Bertz CT molecular complexity index is 371. The van der Waals surface area contributed by atoms with Crippen molar-refractivity contribution < 1.29 is 4.74 Å². The van der Waals surface area contributed by atoms with Crippen LogP contribution < -0.4 is 10.6 Å². The van der Waals surface area contributed by atoms with Crippen LogP contribution in [0.4, 0.5) is 0 Å². The molecule has 1 aliphatic rings. The van der Waals surface area contributed by atoms with Crippen LogP contribution >= 0.6 is 0 Å². The van der Waals surface area contributed by atoms with Gasteiger partial charge >= 0.3 is 0 Å². The van der Waals surface area contributed by atoms with Gasteiger partial charge in [-0.05, 0) is 32.9 Å². The standard InChI is InChI=1S/C19H41N5O/c1-7-20-19(21-12-17(6)24(8-2)9-3)22-13-18-15-23(10-11-25-18)14-16(4)5/h16-18H,7-15H2,1-6H3,(H2,20,21,22). The summed E-state index contributed by atoms with van der Waals surface area (Å²) in [4.78, 5) is 9.70. The van der Waals surface area contributed by atoms with Crippen LogP contribution in [0.3, 0.4) is 0 Å². The lowest BCUT2D eigenvalue weighted by molar-refractivity contribution is -0.0284. The first-order valence-electron chi connectivity index (χ1n) is 10.1. The normalized spacial score (nSPS) is 21.0. The number of aliphatic imine (C=N–C) groups is 1. The Labute approximate surface area is 155 Å². The highest BCUT2D eigenvalue weighted by Gasteiger charge is 2.21. The number of guanidine groups is 1. The molecule has 0 spiro atoms. The summed E-state index contributed by atoms with van der Waals surface area (Å²) in [5.41, 5.74) is 0. The molecule has 6 nitrogen and oxygen atoms in total. The van der Waals surface area contributed by atoms with Crippen LogP contribution in [0.1, 0.15) is 41.5 Å². The Morgan fingerprint density at radius 1 is 1.20 bits per heavy atom. The lowest BCUT2D eigenvalue weighted by Gasteiger charge is -2.34. The number of nitrogens with one attached hydrogen (secondary N) is 2. The molecule has 0 aliphatic carbocycles. The van der Waals surface area contributed by atoms with Crippen LogP contribution in [0.25, 0.3) is 0 Å². The molecule has 0 saturated carbocycles. The summed E-state index contributed by atoms with van der Waals surface area (Å²) in [5.74, 6) is 1.60. The highest BCUT2D eigenvalue weighted by molar-refractivity contribution is 5.79. The lowest BCUT2D eigenvalue weighted by atomic mass is 10.2. The van der Waals surface area contributed by atoms with Gasteiger partial charge in [0.05, 0.1) is 19.3 Å². The molecule has 0 bridgehead atoms. The van der Waals surface area contributed by atoms with E-state index in [1.165, 1.54) is 0 Å². The molecule has 2 unspecified atom stereocenters. The molecule has 2 N–H and O–H groups in total. The molecular weight excluding hydrogens is 314 g/mol. The molecule has 0 aromatic carbocycles. The van der Waals surface area contributed by atoms with E-state index in [-0.39, 0.29) is 6.10 Å². The summed E-state index contributed by atoms with van der Waals surface area (Å²) in [6, 6.07) is 0.456. The summed E-state index contributed by atoms with van der Waals surface area (Å²) in [7, 11) is 0. The van der Waals surface area contributed by atoms with E-state index in [1.807, 2.05) is 0 Å². The number of nitrogens with zero attached hydrogens (tertiary/aromatic N) is 3. The average Bonchev–Trinajstić information content (AvgIpc) is 2.58. The van der Waals surface area contributed by atoms with Crippen molar-refractivity contribution in [1.29, 1.82) is 0 Å². The van der Waals surface area contributed by atoms with Crippen LogP contribution in [0.2, 0.25) is 0 Å². The Hall–Kier alpha value is -0.850. The minimum atomic E-state index is 0.233. The molecule has 1 rings (SSSR count). The monoisotopic (exact) mass is 355 g/mol. The predicted octanol–water partition coefficient (Wildman–Crippen LogP) is 1.63. The molecule has 0 amide bonds. The van der Waals surface area contributed by atoms with E-state index in [2.05, 4.69) is 62.0 Å². The van der Waals surface area contributed by atoms with Crippen LogP contribution in [0.15, 0.2) is 4.99 Å². The van der Waals surface area contributed by atoms with Gasteiger partial charge in [-0.3, -0.25) is 14.8 Å². The van der Waals surface area contributed by atoms with Gasteiger partial charge < -0.3 is 15.4 Å². The van der Waals surface area contributed by atoms with Crippen molar-refractivity contribution in [3.8, 4) is 0 Å². The quantitative estimate of drug-likeness (QED) is 0.461. The second kappa shape index (κ2) is 12.5. The van der Waals surface area contributed by atoms with Gasteiger partial charge in [0.25, 0.3) is 0 Å². The largest absolute Gasteiger partial charge is 0.374 e. The van der Waals surface area contributed by atoms with Gasteiger partial charge in [0.1, 0.15) is 0 Å². The topological polar surface area (TPSA) is 52.1 Å². The van der Waals surface area contributed by atoms with Crippen molar-refractivity contribution in [2.75, 3.05) is 59.0 Å². The first kappa shape index (κ1) is 22.2. The SMILES string of the molecule is CCNC(=NCC(C)N(CC)CC)NCC1CN(CC(C)C)CCO1. The molecule has 1 fully saturated rings. The molecule has 1 aliphatic heterocycles. The summed E-state index contributed by atoms with van der Waals surface area (Å²) >= 11 is 0. The summed E-state index contributed by atoms with van der Waals surface area (Å²) in [5, 5.41) is 6.81. The molecule has 6 heteroatoms. The Kier molecular flexibility index (Phi) is 11.1. The fraction of sp³-hybridized carbons (Fsp3) is 0.947. The van der Waals surface area contributed by atoms with Gasteiger partial charge in [0.15, 0.2) is 5.96 Å². The number of hydrogen-bond acceptors (Lipinski definition) is 4. The number of hydrogen-bond donors (Lipinski definition) is 2. The van der Waals surface area contributed by atoms with Gasteiger partial charge in [0.2, 0.25) is 0 Å². The lowest BCUT2D eigenvalue weighted by Crippen LogP contribution is -2.50. The molecule has 25 heavy (non-hydrogen) atoms. The zero-order chi connectivity index (χ0) is 18.7. The van der Waals surface area contributed by atoms with E-state index in [1.54, 1.807) is 0 Å². The number of ether oxygens (including phenoxy) is 1. The Balaban J connectivity index is 2.47. The van der Waals surface area contributed by atoms with Crippen molar-refractivity contribution in [3.63, 3.8) is 0 Å². The smallest absolute Gasteiger partial charge is 0.191 e. The first-order valence-corrected chi connectivity index (χ1v) is 10.1. The minimum absolute atomic E-state index is 0.233. The van der Waals surface area contributed by atoms with E-state index in [4.69, 9.17) is 9.73 Å². The van der Waals surface area contributed by atoms with Gasteiger partial charge in [-0.15, -0.1) is 0 Å². The van der Waals surface area contributed by atoms with E-state index >= 15 is 0 Å². The molecular formula is C19H41N5O. The average molecular weight is 356 g/mol. The van der Waals surface area contributed by atoms with E-state index in [9.17, 15) is 0 Å². The fourth-order valence-electron chi connectivity index (χ4n) is 3.32. The first-order chi connectivity index (χ1) is 12.0. The molecule has 1 heterocycles. The second-order valence-corrected chi connectivity index (χ2v) is 7.32. The fourth-order valence-corrected chi connectivity index (χ4v) is 3.32. The van der Waals surface area contributed by atoms with Gasteiger partial charge in [-0.1, -0.05) is 27.7 Å². The van der Waals surface area contributed by atoms with Crippen molar-refractivity contribution in [2.24, 2.45) is 10.9 Å². The molecule has 0 aromatic heterocycles. The molecule has 1 saturated heterocycles. The van der Waals surface area contributed by atoms with Crippen molar-refractivity contribution in [1.82, 2.24) is 20.4 Å². The second-order valence-electron chi connectivity index (χ2n) is 7.32. The third-order valence-electron chi connectivity index (χ3n) is 4.64. The van der Waals surface area contributed by atoms with Gasteiger partial charge in [-0.25, -0.2) is 0 Å². The van der Waals surface area contributed by atoms with Crippen molar-refractivity contribution in [2.45, 2.75) is 53.7 Å². The minimum Gasteiger partial charge on any atom is -0.374 e. The van der Waals surface area contributed by atoms with Crippen LogP contribution in [0, 0.1) is 5.92 Å². The maximum atomic E-state index is 5.92. The Morgan fingerprint density at radius 2 is 1.92 bits per heavy atom. The zero-order valence-corrected chi connectivity index (χ0v) is 17.3. The summed E-state index contributed by atoms with van der Waals surface area (Å²) in [6.07, 6.45) is 0.233. The van der Waals surface area contributed by atoms with Gasteiger partial charge in [0, 0.05) is 38.8 Å². The summed E-state index contributed by atoms with van der Waals surface area (Å²) in [6.45, 7) is 21.9. The molecule has 2 atom stereocenters. The third-order valence-corrected chi connectivity index (χ3v) is 4.64. The zero-order valence-electron chi connectivity index (χ0n) is 17.3. The highest BCUT2D eigenvalue weighted by atomic mass is 16.5. The Morgan fingerprint density at radius 3 is 2.52 bits per heavy atom. The number of morpholine rings is 1. The molecule has 148 valence electrons. The number of likely N-dealkylation sites (N-methyl/N-ethyl adjacent to an activating group) is 1. The van der Waals surface area contributed by atoms with E-state index < -0.39 is 0 Å². The maximum Gasteiger partial charge on any atom is 0.191 e. The van der Waals surface area contributed by atoms with Crippen LogP contribution in [-0.4, -0.2) is 86.9 Å². The maximum absolute atomic E-state index is 5.92. The molecule has 0 radical (unpaired) electrons. The van der Waals surface area contributed by atoms with E-state index in [0.29, 0.717) is 12.0 Å².